The Morgan fingerprint density at radius 1 is 1.63 bits per heavy atom. The second-order valence-electron chi connectivity index (χ2n) is 4.59. The van der Waals surface area contributed by atoms with Crippen LogP contribution in [0.2, 0.25) is 5.02 Å². The molecule has 1 saturated heterocycles. The fourth-order valence-electron chi connectivity index (χ4n) is 2.11. The molecule has 1 atom stereocenters. The van der Waals surface area contributed by atoms with Crippen LogP contribution in [0.1, 0.15) is 19.3 Å². The number of ether oxygens (including phenoxy) is 1. The van der Waals surface area contributed by atoms with Gasteiger partial charge in [0.15, 0.2) is 0 Å². The standard InChI is InChI=1S/C12H16ClN3O3/c13-11-6-10(16(17)18)8-15-12(11)19-5-3-9-2-1-4-14-7-9/h6,8-9,14H,1-5,7H2. The van der Waals surface area contributed by atoms with Crippen molar-refractivity contribution >= 4 is 17.3 Å². The van der Waals surface area contributed by atoms with Gasteiger partial charge in [0.05, 0.1) is 11.5 Å². The normalized spacial score (nSPS) is 19.1. The molecule has 0 aliphatic carbocycles. The maximum absolute atomic E-state index is 10.5. The summed E-state index contributed by atoms with van der Waals surface area (Å²) < 4.78 is 5.48. The maximum Gasteiger partial charge on any atom is 0.289 e. The molecule has 1 N–H and O–H groups in total. The Morgan fingerprint density at radius 2 is 2.47 bits per heavy atom. The van der Waals surface area contributed by atoms with Gasteiger partial charge >= 0.3 is 0 Å². The van der Waals surface area contributed by atoms with E-state index in [1.807, 2.05) is 0 Å². The van der Waals surface area contributed by atoms with Crippen molar-refractivity contribution in [1.29, 1.82) is 0 Å². The summed E-state index contributed by atoms with van der Waals surface area (Å²) in [6, 6.07) is 1.26. The lowest BCUT2D eigenvalue weighted by molar-refractivity contribution is -0.385. The van der Waals surface area contributed by atoms with Crippen LogP contribution in [0.3, 0.4) is 0 Å². The van der Waals surface area contributed by atoms with Crippen molar-refractivity contribution in [2.75, 3.05) is 19.7 Å². The second-order valence-corrected chi connectivity index (χ2v) is 4.99. The number of halogens is 1. The summed E-state index contributed by atoms with van der Waals surface area (Å²) in [5, 5.41) is 14.1. The van der Waals surface area contributed by atoms with Crippen LogP contribution in [0.5, 0.6) is 5.88 Å². The predicted octanol–water partition coefficient (Wildman–Crippen LogP) is 2.41. The summed E-state index contributed by atoms with van der Waals surface area (Å²) in [4.78, 5) is 13.9. The van der Waals surface area contributed by atoms with Crippen molar-refractivity contribution in [1.82, 2.24) is 10.3 Å². The van der Waals surface area contributed by atoms with Gasteiger partial charge in [-0.05, 0) is 38.3 Å². The van der Waals surface area contributed by atoms with Gasteiger partial charge < -0.3 is 10.1 Å². The lowest BCUT2D eigenvalue weighted by Crippen LogP contribution is -2.30. The number of aromatic nitrogens is 1. The van der Waals surface area contributed by atoms with Gasteiger partial charge in [-0.25, -0.2) is 4.98 Å². The van der Waals surface area contributed by atoms with Gasteiger partial charge in [0, 0.05) is 6.07 Å². The third-order valence-electron chi connectivity index (χ3n) is 3.17. The van der Waals surface area contributed by atoms with Crippen LogP contribution in [-0.2, 0) is 0 Å². The maximum atomic E-state index is 10.5. The summed E-state index contributed by atoms with van der Waals surface area (Å²) in [5.74, 6) is 0.876. The van der Waals surface area contributed by atoms with E-state index < -0.39 is 4.92 Å². The first-order valence-electron chi connectivity index (χ1n) is 6.30. The molecule has 1 unspecified atom stereocenters. The minimum absolute atomic E-state index is 0.131. The van der Waals surface area contributed by atoms with Gasteiger partial charge in [0.1, 0.15) is 11.2 Å². The summed E-state index contributed by atoms with van der Waals surface area (Å²) in [6.45, 7) is 2.63. The van der Waals surface area contributed by atoms with E-state index >= 15 is 0 Å². The highest BCUT2D eigenvalue weighted by molar-refractivity contribution is 6.32. The van der Waals surface area contributed by atoms with Crippen molar-refractivity contribution in [3.05, 3.63) is 27.4 Å². The fraction of sp³-hybridized carbons (Fsp3) is 0.583. The van der Waals surface area contributed by atoms with E-state index in [0.29, 0.717) is 12.5 Å². The Kier molecular flexibility index (Phi) is 4.93. The zero-order valence-electron chi connectivity index (χ0n) is 10.5. The molecule has 1 aromatic heterocycles. The van der Waals surface area contributed by atoms with Crippen LogP contribution < -0.4 is 10.1 Å². The van der Waals surface area contributed by atoms with Crippen molar-refractivity contribution in [2.24, 2.45) is 5.92 Å². The minimum atomic E-state index is -0.531. The molecule has 6 nitrogen and oxygen atoms in total. The molecule has 0 bridgehead atoms. The highest BCUT2D eigenvalue weighted by atomic mass is 35.5. The molecule has 19 heavy (non-hydrogen) atoms. The first-order chi connectivity index (χ1) is 9.16. The van der Waals surface area contributed by atoms with Gasteiger partial charge in [-0.1, -0.05) is 11.6 Å². The molecule has 104 valence electrons. The average molecular weight is 286 g/mol. The van der Waals surface area contributed by atoms with Crippen molar-refractivity contribution in [3.63, 3.8) is 0 Å². The van der Waals surface area contributed by atoms with Crippen molar-refractivity contribution in [2.45, 2.75) is 19.3 Å². The molecule has 0 radical (unpaired) electrons. The molecule has 1 aliphatic rings. The third-order valence-corrected chi connectivity index (χ3v) is 3.44. The first-order valence-corrected chi connectivity index (χ1v) is 6.68. The molecule has 1 aromatic rings. The topological polar surface area (TPSA) is 77.3 Å². The molecular formula is C12H16ClN3O3. The van der Waals surface area contributed by atoms with Crippen LogP contribution in [0.15, 0.2) is 12.3 Å². The fourth-order valence-corrected chi connectivity index (χ4v) is 2.33. The lowest BCUT2D eigenvalue weighted by Gasteiger charge is -2.22. The molecule has 2 rings (SSSR count). The van der Waals surface area contributed by atoms with E-state index in [0.717, 1.165) is 25.7 Å². The van der Waals surface area contributed by atoms with Crippen LogP contribution in [-0.4, -0.2) is 29.6 Å². The second kappa shape index (κ2) is 6.68. The zero-order valence-corrected chi connectivity index (χ0v) is 11.2. The Morgan fingerprint density at radius 3 is 3.11 bits per heavy atom. The molecule has 2 heterocycles. The smallest absolute Gasteiger partial charge is 0.289 e. The van der Waals surface area contributed by atoms with Gasteiger partial charge in [-0.15, -0.1) is 0 Å². The number of nitro groups is 1. The van der Waals surface area contributed by atoms with E-state index in [-0.39, 0.29) is 16.6 Å². The van der Waals surface area contributed by atoms with Crippen molar-refractivity contribution in [3.8, 4) is 5.88 Å². The van der Waals surface area contributed by atoms with E-state index in [9.17, 15) is 10.1 Å². The first kappa shape index (κ1) is 14.0. The molecule has 1 aliphatic heterocycles. The van der Waals surface area contributed by atoms with Gasteiger partial charge in [-0.2, -0.15) is 0 Å². The van der Waals surface area contributed by atoms with Crippen LogP contribution in [0.4, 0.5) is 5.69 Å². The Balaban J connectivity index is 1.83. The molecule has 0 saturated carbocycles. The van der Waals surface area contributed by atoms with Crippen LogP contribution in [0, 0.1) is 16.0 Å². The Labute approximate surface area is 116 Å². The zero-order chi connectivity index (χ0) is 13.7. The summed E-state index contributed by atoms with van der Waals surface area (Å²) in [6.07, 6.45) is 4.49. The molecular weight excluding hydrogens is 270 g/mol. The van der Waals surface area contributed by atoms with Gasteiger partial charge in [0.25, 0.3) is 5.69 Å². The molecule has 0 amide bonds. The van der Waals surface area contributed by atoms with E-state index in [1.54, 1.807) is 0 Å². The molecule has 0 aromatic carbocycles. The predicted molar refractivity (Wildman–Crippen MR) is 71.6 cm³/mol. The summed E-state index contributed by atoms with van der Waals surface area (Å²) >= 11 is 5.89. The highest BCUT2D eigenvalue weighted by Crippen LogP contribution is 2.26. The SMILES string of the molecule is O=[N+]([O-])c1cnc(OCCC2CCCNC2)c(Cl)c1. The number of piperidine rings is 1. The summed E-state index contributed by atoms with van der Waals surface area (Å²) in [7, 11) is 0. The molecule has 0 spiro atoms. The van der Waals surface area contributed by atoms with Gasteiger partial charge in [-0.3, -0.25) is 10.1 Å². The van der Waals surface area contributed by atoms with Crippen LogP contribution >= 0.6 is 11.6 Å². The number of hydrogen-bond donors (Lipinski definition) is 1. The van der Waals surface area contributed by atoms with E-state index in [1.165, 1.54) is 18.9 Å². The Bertz CT molecular complexity index is 450. The largest absolute Gasteiger partial charge is 0.477 e. The third kappa shape index (κ3) is 4.04. The summed E-state index contributed by atoms with van der Waals surface area (Å²) in [5.41, 5.74) is -0.131. The minimum Gasteiger partial charge on any atom is -0.477 e. The molecule has 7 heteroatoms. The van der Waals surface area contributed by atoms with E-state index in [2.05, 4.69) is 10.3 Å². The highest BCUT2D eigenvalue weighted by Gasteiger charge is 2.15. The number of pyridine rings is 1. The number of nitrogens with zero attached hydrogens (tertiary/aromatic N) is 2. The average Bonchev–Trinajstić information content (AvgIpc) is 2.41. The number of nitrogens with one attached hydrogen (secondary N) is 1. The van der Waals surface area contributed by atoms with Crippen molar-refractivity contribution < 1.29 is 9.66 Å². The monoisotopic (exact) mass is 285 g/mol. The molecule has 1 fully saturated rings. The van der Waals surface area contributed by atoms with Crippen LogP contribution in [0.25, 0.3) is 0 Å². The van der Waals surface area contributed by atoms with E-state index in [4.69, 9.17) is 16.3 Å². The number of hydrogen-bond acceptors (Lipinski definition) is 5. The lowest BCUT2D eigenvalue weighted by atomic mass is 9.97. The van der Waals surface area contributed by atoms with Gasteiger partial charge in [0.2, 0.25) is 5.88 Å². The Hall–Kier alpha value is -1.40. The number of rotatable bonds is 5. The quantitative estimate of drug-likeness (QED) is 0.664.